The predicted molar refractivity (Wildman–Crippen MR) is 130 cm³/mol. The van der Waals surface area contributed by atoms with E-state index in [0.717, 1.165) is 74.0 Å². The lowest BCUT2D eigenvalue weighted by atomic mass is 9.82. The Morgan fingerprint density at radius 3 is 2.42 bits per heavy atom. The number of alkyl halides is 3. The number of hydrogen-bond donors (Lipinski definition) is 0. The average Bonchev–Trinajstić information content (AvgIpc) is 3.25. The zero-order valence-electron chi connectivity index (χ0n) is 20.5. The fourth-order valence-electron chi connectivity index (χ4n) is 6.55. The molecule has 1 saturated carbocycles. The molecule has 2 aliphatic heterocycles. The van der Waals surface area contributed by atoms with Crippen molar-refractivity contribution in [3.63, 3.8) is 0 Å². The van der Waals surface area contributed by atoms with E-state index in [4.69, 9.17) is 10.1 Å². The van der Waals surface area contributed by atoms with E-state index in [-0.39, 0.29) is 5.92 Å². The van der Waals surface area contributed by atoms with Gasteiger partial charge in [0.25, 0.3) is 0 Å². The Kier molecular flexibility index (Phi) is 5.96. The third-order valence-electron chi connectivity index (χ3n) is 8.37. The fourth-order valence-corrected chi connectivity index (χ4v) is 6.55. The highest BCUT2D eigenvalue weighted by Gasteiger charge is 2.43. The van der Waals surface area contributed by atoms with E-state index in [1.807, 2.05) is 11.6 Å². The summed E-state index contributed by atoms with van der Waals surface area (Å²) in [7, 11) is 0. The lowest BCUT2D eigenvalue weighted by Gasteiger charge is -2.38. The molecule has 1 aromatic carbocycles. The van der Waals surface area contributed by atoms with Gasteiger partial charge in [0.1, 0.15) is 18.0 Å². The van der Waals surface area contributed by atoms with Crippen LogP contribution in [-0.4, -0.2) is 37.8 Å². The Hall–Kier alpha value is -2.97. The van der Waals surface area contributed by atoms with Crippen LogP contribution in [0.3, 0.4) is 0 Å². The molecule has 36 heavy (non-hydrogen) atoms. The lowest BCUT2D eigenvalue weighted by Crippen LogP contribution is -2.43. The molecular formula is C27H31F3N6. The molecular weight excluding hydrogens is 465 g/mol. The monoisotopic (exact) mass is 496 g/mol. The molecule has 0 spiro atoms. The van der Waals surface area contributed by atoms with Gasteiger partial charge in [0.2, 0.25) is 0 Å². The van der Waals surface area contributed by atoms with Crippen molar-refractivity contribution in [1.29, 1.82) is 0 Å². The summed E-state index contributed by atoms with van der Waals surface area (Å²) in [4.78, 5) is 16.2. The van der Waals surface area contributed by atoms with Crippen LogP contribution in [0.5, 0.6) is 0 Å². The highest BCUT2D eigenvalue weighted by atomic mass is 19.4. The lowest BCUT2D eigenvalue weighted by molar-refractivity contribution is -0.137. The van der Waals surface area contributed by atoms with E-state index in [0.29, 0.717) is 17.8 Å². The number of halogens is 3. The van der Waals surface area contributed by atoms with Crippen molar-refractivity contribution in [3.8, 4) is 0 Å². The number of benzene rings is 1. The van der Waals surface area contributed by atoms with Gasteiger partial charge in [-0.05, 0) is 68.1 Å². The van der Waals surface area contributed by atoms with Crippen molar-refractivity contribution in [3.05, 3.63) is 65.1 Å². The number of aryl methyl sites for hydroxylation is 2. The number of hydrogen-bond acceptors (Lipinski definition) is 5. The van der Waals surface area contributed by atoms with Crippen molar-refractivity contribution in [2.75, 3.05) is 18.0 Å². The molecule has 2 aromatic heterocycles. The van der Waals surface area contributed by atoms with E-state index >= 15 is 0 Å². The van der Waals surface area contributed by atoms with Crippen molar-refractivity contribution in [2.24, 2.45) is 17.8 Å². The largest absolute Gasteiger partial charge is 0.416 e. The smallest absolute Gasteiger partial charge is 0.356 e. The molecule has 9 heteroatoms. The van der Waals surface area contributed by atoms with E-state index in [9.17, 15) is 13.2 Å². The summed E-state index contributed by atoms with van der Waals surface area (Å²) in [5, 5.41) is 4.91. The minimum Gasteiger partial charge on any atom is -0.356 e. The summed E-state index contributed by atoms with van der Waals surface area (Å²) >= 11 is 0. The molecule has 2 unspecified atom stereocenters. The minimum absolute atomic E-state index is 0.0180. The van der Waals surface area contributed by atoms with E-state index < -0.39 is 11.7 Å². The fraction of sp³-hybridized carbons (Fsp3) is 0.556. The van der Waals surface area contributed by atoms with E-state index in [1.165, 1.54) is 25.0 Å². The Bertz CT molecular complexity index is 1210. The SMILES string of the molecule is Cc1cc(N2C[C@H]3CC[C@@H](C2)C3Cc2nc3n(n2)CCCCC3c2ccc(C(F)(F)F)cc2)ncn1. The quantitative estimate of drug-likeness (QED) is 0.483. The number of aromatic nitrogens is 5. The van der Waals surface area contributed by atoms with E-state index in [1.54, 1.807) is 18.5 Å². The number of nitrogens with zero attached hydrogens (tertiary/aromatic N) is 6. The van der Waals surface area contributed by atoms with Gasteiger partial charge >= 0.3 is 6.18 Å². The Morgan fingerprint density at radius 1 is 0.972 bits per heavy atom. The van der Waals surface area contributed by atoms with Crippen LogP contribution in [-0.2, 0) is 19.1 Å². The molecule has 6 nitrogen and oxygen atoms in total. The number of rotatable bonds is 4. The van der Waals surface area contributed by atoms with E-state index in [2.05, 4.69) is 20.9 Å². The van der Waals surface area contributed by atoms with Gasteiger partial charge in [0.15, 0.2) is 5.82 Å². The van der Waals surface area contributed by atoms with Gasteiger partial charge in [0.05, 0.1) is 5.56 Å². The van der Waals surface area contributed by atoms with Crippen LogP contribution < -0.4 is 4.90 Å². The van der Waals surface area contributed by atoms with Gasteiger partial charge in [0, 0.05) is 43.7 Å². The van der Waals surface area contributed by atoms with Crippen LogP contribution in [0.1, 0.15) is 66.5 Å². The molecule has 6 rings (SSSR count). The molecule has 4 atom stereocenters. The van der Waals surface area contributed by atoms with Crippen molar-refractivity contribution in [2.45, 2.75) is 64.1 Å². The molecule has 2 fully saturated rings. The molecule has 0 N–H and O–H groups in total. The van der Waals surface area contributed by atoms with Gasteiger partial charge < -0.3 is 4.90 Å². The molecule has 0 amide bonds. The van der Waals surface area contributed by atoms with Crippen molar-refractivity contribution in [1.82, 2.24) is 24.7 Å². The summed E-state index contributed by atoms with van der Waals surface area (Å²) in [6.45, 7) is 4.81. The summed E-state index contributed by atoms with van der Waals surface area (Å²) in [5.41, 5.74) is 1.26. The average molecular weight is 497 g/mol. The van der Waals surface area contributed by atoms with Crippen LogP contribution in [0.15, 0.2) is 36.7 Å². The van der Waals surface area contributed by atoms with Crippen LogP contribution in [0.25, 0.3) is 0 Å². The van der Waals surface area contributed by atoms with Crippen LogP contribution in [0, 0.1) is 24.7 Å². The maximum absolute atomic E-state index is 13.1. The maximum atomic E-state index is 13.1. The zero-order chi connectivity index (χ0) is 24.9. The van der Waals surface area contributed by atoms with Crippen molar-refractivity contribution >= 4 is 5.82 Å². The van der Waals surface area contributed by atoms with Gasteiger partial charge in [-0.15, -0.1) is 0 Å². The molecule has 3 aromatic rings. The zero-order valence-corrected chi connectivity index (χ0v) is 20.5. The number of fused-ring (bicyclic) bond motifs is 3. The second-order valence-electron chi connectivity index (χ2n) is 10.7. The van der Waals surface area contributed by atoms with Gasteiger partial charge in [-0.25, -0.2) is 19.6 Å². The molecule has 4 heterocycles. The first-order chi connectivity index (χ1) is 17.3. The standard InChI is InChI=1S/C27H31F3N6/c1-17-12-25(32-16-31-17)35-14-19-5-6-20(15-35)23(19)13-24-33-26-22(4-2-3-11-36(26)34-24)18-7-9-21(10-8-18)27(28,29)30/h7-10,12,16,19-20,22-23H,2-6,11,13-15H2,1H3/t19-,20+,22?,23?. The minimum atomic E-state index is -4.32. The number of piperidine rings is 1. The van der Waals surface area contributed by atoms with Crippen LogP contribution in [0.2, 0.25) is 0 Å². The molecule has 190 valence electrons. The summed E-state index contributed by atoms with van der Waals surface area (Å²) in [5.74, 6) is 4.53. The highest BCUT2D eigenvalue weighted by molar-refractivity contribution is 5.40. The first kappa shape index (κ1) is 23.4. The Morgan fingerprint density at radius 2 is 1.72 bits per heavy atom. The first-order valence-electron chi connectivity index (χ1n) is 13.0. The molecule has 0 radical (unpaired) electrons. The Balaban J connectivity index is 1.20. The van der Waals surface area contributed by atoms with Gasteiger partial charge in [-0.2, -0.15) is 18.3 Å². The third kappa shape index (κ3) is 4.48. The molecule has 1 aliphatic carbocycles. The summed E-state index contributed by atoms with van der Waals surface area (Å²) in [6.07, 6.45) is 3.53. The van der Waals surface area contributed by atoms with Crippen molar-refractivity contribution < 1.29 is 13.2 Å². The predicted octanol–water partition coefficient (Wildman–Crippen LogP) is 5.42. The molecule has 2 bridgehead atoms. The summed E-state index contributed by atoms with van der Waals surface area (Å²) in [6, 6.07) is 7.67. The third-order valence-corrected chi connectivity index (χ3v) is 8.37. The molecule has 1 saturated heterocycles. The summed E-state index contributed by atoms with van der Waals surface area (Å²) < 4.78 is 41.2. The van der Waals surface area contributed by atoms with Crippen LogP contribution in [0.4, 0.5) is 19.0 Å². The second kappa shape index (κ2) is 9.16. The normalized spacial score (nSPS) is 26.1. The highest BCUT2D eigenvalue weighted by Crippen LogP contribution is 2.44. The Labute approximate surface area is 209 Å². The van der Waals surface area contributed by atoms with Crippen LogP contribution >= 0.6 is 0 Å². The topological polar surface area (TPSA) is 59.7 Å². The van der Waals surface area contributed by atoms with Gasteiger partial charge in [-0.3, -0.25) is 0 Å². The van der Waals surface area contributed by atoms with Gasteiger partial charge in [-0.1, -0.05) is 18.6 Å². The molecule has 3 aliphatic rings. The maximum Gasteiger partial charge on any atom is 0.416 e. The number of anilines is 1. The first-order valence-corrected chi connectivity index (χ1v) is 13.0. The second-order valence-corrected chi connectivity index (χ2v) is 10.7.